The quantitative estimate of drug-likeness (QED) is 0.483. The molecule has 0 aromatic heterocycles. The summed E-state index contributed by atoms with van der Waals surface area (Å²) >= 11 is 1.41. The van der Waals surface area contributed by atoms with Crippen LogP contribution in [0.1, 0.15) is 11.1 Å². The summed E-state index contributed by atoms with van der Waals surface area (Å²) in [6.07, 6.45) is 1.74. The highest BCUT2D eigenvalue weighted by molar-refractivity contribution is 8.15. The number of ether oxygens (including phenoxy) is 1. The van der Waals surface area contributed by atoms with E-state index in [1.165, 1.54) is 11.8 Å². The van der Waals surface area contributed by atoms with Crippen LogP contribution in [0.2, 0.25) is 0 Å². The van der Waals surface area contributed by atoms with Crippen molar-refractivity contribution in [2.24, 2.45) is 10.2 Å². The van der Waals surface area contributed by atoms with Crippen LogP contribution in [0.3, 0.4) is 0 Å². The number of amidine groups is 1. The average molecular weight is 389 g/mol. The minimum absolute atomic E-state index is 0.0416. The Kier molecular flexibility index (Phi) is 5.39. The molecule has 0 saturated carbocycles. The predicted octanol–water partition coefficient (Wildman–Crippen LogP) is 4.31. The van der Waals surface area contributed by atoms with Crippen molar-refractivity contribution in [2.45, 2.75) is 6.54 Å². The third-order valence-corrected chi connectivity index (χ3v) is 5.47. The van der Waals surface area contributed by atoms with Gasteiger partial charge >= 0.3 is 0 Å². The zero-order valence-electron chi connectivity index (χ0n) is 15.4. The molecule has 0 atom stereocenters. The molecule has 1 amide bonds. The fraction of sp³-hybridized carbons (Fsp3) is 0.136. The number of hydrogen-bond acceptors (Lipinski definition) is 5. The molecule has 140 valence electrons. The van der Waals surface area contributed by atoms with Crippen molar-refractivity contribution in [3.8, 4) is 5.75 Å². The molecule has 1 fully saturated rings. The first-order valence-electron chi connectivity index (χ1n) is 8.89. The first kappa shape index (κ1) is 18.3. The molecule has 5 nitrogen and oxygen atoms in total. The topological polar surface area (TPSA) is 54.3 Å². The van der Waals surface area contributed by atoms with Crippen LogP contribution in [0.5, 0.6) is 5.75 Å². The highest BCUT2D eigenvalue weighted by atomic mass is 32.2. The Morgan fingerprint density at radius 1 is 1.07 bits per heavy atom. The van der Waals surface area contributed by atoms with E-state index in [1.54, 1.807) is 18.2 Å². The Morgan fingerprint density at radius 2 is 1.86 bits per heavy atom. The fourth-order valence-electron chi connectivity index (χ4n) is 3.04. The van der Waals surface area contributed by atoms with E-state index in [4.69, 9.17) is 4.74 Å². The van der Waals surface area contributed by atoms with E-state index in [0.717, 1.165) is 27.6 Å². The molecule has 3 aromatic carbocycles. The molecule has 4 rings (SSSR count). The summed E-state index contributed by atoms with van der Waals surface area (Å²) in [5.41, 5.74) is 2.01. The van der Waals surface area contributed by atoms with Crippen molar-refractivity contribution in [3.05, 3.63) is 77.9 Å². The van der Waals surface area contributed by atoms with Crippen LogP contribution in [-0.4, -0.2) is 35.1 Å². The third-order valence-electron chi connectivity index (χ3n) is 4.52. The van der Waals surface area contributed by atoms with Crippen molar-refractivity contribution < 1.29 is 9.53 Å². The second-order valence-corrected chi connectivity index (χ2v) is 7.25. The summed E-state index contributed by atoms with van der Waals surface area (Å²) in [7, 11) is 1.63. The van der Waals surface area contributed by atoms with Gasteiger partial charge in [-0.15, -0.1) is 5.10 Å². The maximum atomic E-state index is 12.3. The summed E-state index contributed by atoms with van der Waals surface area (Å²) in [6, 6.07) is 21.9. The van der Waals surface area contributed by atoms with E-state index in [9.17, 15) is 4.79 Å². The number of hydrogen-bond donors (Lipinski definition) is 0. The van der Waals surface area contributed by atoms with Crippen molar-refractivity contribution in [3.63, 3.8) is 0 Å². The molecule has 0 aliphatic carbocycles. The molecule has 0 bridgehead atoms. The second kappa shape index (κ2) is 8.27. The third kappa shape index (κ3) is 3.92. The van der Waals surface area contributed by atoms with Crippen molar-refractivity contribution in [1.29, 1.82) is 0 Å². The highest BCUT2D eigenvalue weighted by Crippen LogP contribution is 2.23. The smallest absolute Gasteiger partial charge is 0.239 e. The van der Waals surface area contributed by atoms with Gasteiger partial charge in [0, 0.05) is 5.56 Å². The van der Waals surface area contributed by atoms with Crippen LogP contribution < -0.4 is 4.74 Å². The molecule has 1 saturated heterocycles. The van der Waals surface area contributed by atoms with Gasteiger partial charge in [-0.1, -0.05) is 66.4 Å². The lowest BCUT2D eigenvalue weighted by atomic mass is 10.1. The van der Waals surface area contributed by atoms with Crippen molar-refractivity contribution in [1.82, 2.24) is 4.90 Å². The number of thioether (sulfide) groups is 1. The predicted molar refractivity (Wildman–Crippen MR) is 115 cm³/mol. The number of benzene rings is 3. The van der Waals surface area contributed by atoms with Crippen LogP contribution >= 0.6 is 11.8 Å². The van der Waals surface area contributed by atoms with Gasteiger partial charge in [-0.05, 0) is 28.5 Å². The number of nitrogens with zero attached hydrogens (tertiary/aromatic N) is 3. The van der Waals surface area contributed by atoms with Gasteiger partial charge < -0.3 is 4.74 Å². The van der Waals surface area contributed by atoms with Gasteiger partial charge in [0.15, 0.2) is 5.17 Å². The SMILES string of the molecule is COc1ccc(CN2C(=O)CS/C2=N/N=C\c2cccc3ccccc23)cc1. The average Bonchev–Trinajstić information content (AvgIpc) is 3.08. The molecule has 0 unspecified atom stereocenters. The van der Waals surface area contributed by atoms with E-state index in [0.29, 0.717) is 17.5 Å². The monoisotopic (exact) mass is 389 g/mol. The van der Waals surface area contributed by atoms with Crippen LogP contribution in [0.25, 0.3) is 10.8 Å². The number of fused-ring (bicyclic) bond motifs is 1. The van der Waals surface area contributed by atoms with E-state index < -0.39 is 0 Å². The maximum Gasteiger partial charge on any atom is 0.239 e. The molecular formula is C22H19N3O2S. The molecular weight excluding hydrogens is 370 g/mol. The minimum atomic E-state index is 0.0416. The second-order valence-electron chi connectivity index (χ2n) is 6.31. The highest BCUT2D eigenvalue weighted by Gasteiger charge is 2.28. The molecule has 1 heterocycles. The first-order valence-corrected chi connectivity index (χ1v) is 9.88. The number of rotatable bonds is 5. The number of methoxy groups -OCH3 is 1. The lowest BCUT2D eigenvalue weighted by molar-refractivity contribution is -0.124. The van der Waals surface area contributed by atoms with Crippen molar-refractivity contribution in [2.75, 3.05) is 12.9 Å². The van der Waals surface area contributed by atoms with Crippen LogP contribution in [0.15, 0.2) is 76.9 Å². The molecule has 0 radical (unpaired) electrons. The Bertz CT molecular complexity index is 1060. The minimum Gasteiger partial charge on any atom is -0.497 e. The first-order chi connectivity index (χ1) is 13.7. The van der Waals surface area contributed by atoms with Gasteiger partial charge in [0.25, 0.3) is 0 Å². The van der Waals surface area contributed by atoms with Gasteiger partial charge in [-0.2, -0.15) is 5.10 Å². The van der Waals surface area contributed by atoms with E-state index in [2.05, 4.69) is 28.4 Å². The van der Waals surface area contributed by atoms with E-state index in [1.807, 2.05) is 48.5 Å². The molecule has 0 N–H and O–H groups in total. The Balaban J connectivity index is 1.53. The summed E-state index contributed by atoms with van der Waals surface area (Å²) in [5.74, 6) is 1.22. The largest absolute Gasteiger partial charge is 0.497 e. The molecule has 3 aromatic rings. The maximum absolute atomic E-state index is 12.3. The lowest BCUT2D eigenvalue weighted by Crippen LogP contribution is -2.28. The standard InChI is InChI=1S/C22H19N3O2S/c1-27-19-11-9-16(10-12-19)14-25-21(26)15-28-22(25)24-23-13-18-7-4-6-17-5-2-3-8-20(17)18/h2-13H,14-15H2,1H3/b23-13-,24-22+. The Labute approximate surface area is 167 Å². The van der Waals surface area contributed by atoms with Gasteiger partial charge in [-0.25, -0.2) is 0 Å². The van der Waals surface area contributed by atoms with Gasteiger partial charge in [0.1, 0.15) is 5.75 Å². The molecule has 0 spiro atoms. The van der Waals surface area contributed by atoms with Gasteiger partial charge in [0.2, 0.25) is 5.91 Å². The zero-order valence-corrected chi connectivity index (χ0v) is 16.2. The zero-order chi connectivity index (χ0) is 19.3. The molecule has 28 heavy (non-hydrogen) atoms. The number of carbonyl (C=O) groups excluding carboxylic acids is 1. The molecule has 6 heteroatoms. The summed E-state index contributed by atoms with van der Waals surface area (Å²) in [4.78, 5) is 13.9. The van der Waals surface area contributed by atoms with Gasteiger partial charge in [0.05, 0.1) is 25.6 Å². The van der Waals surface area contributed by atoms with Crippen LogP contribution in [-0.2, 0) is 11.3 Å². The summed E-state index contributed by atoms with van der Waals surface area (Å²) < 4.78 is 5.18. The number of carbonyl (C=O) groups is 1. The molecule has 1 aliphatic rings. The lowest BCUT2D eigenvalue weighted by Gasteiger charge is -2.15. The Morgan fingerprint density at radius 3 is 2.68 bits per heavy atom. The van der Waals surface area contributed by atoms with Crippen LogP contribution in [0, 0.1) is 0 Å². The fourth-order valence-corrected chi connectivity index (χ4v) is 3.88. The van der Waals surface area contributed by atoms with Crippen molar-refractivity contribution >= 4 is 39.8 Å². The molecule has 1 aliphatic heterocycles. The number of amides is 1. The summed E-state index contributed by atoms with van der Waals surface area (Å²) in [5, 5.41) is 11.5. The van der Waals surface area contributed by atoms with Crippen LogP contribution in [0.4, 0.5) is 0 Å². The van der Waals surface area contributed by atoms with Gasteiger partial charge in [-0.3, -0.25) is 9.69 Å². The van der Waals surface area contributed by atoms with E-state index >= 15 is 0 Å². The van der Waals surface area contributed by atoms with E-state index in [-0.39, 0.29) is 5.91 Å². The normalized spacial score (nSPS) is 15.8. The Hall–Kier alpha value is -3.12. The summed E-state index contributed by atoms with van der Waals surface area (Å²) in [6.45, 7) is 0.471.